The second kappa shape index (κ2) is 7.63. The first kappa shape index (κ1) is 13.5. The standard InChI is InChI=1S/C12H21N3S/c1-4-5-14-11(10(2)3)9-16-12-8-13-6-7-15-12/h6-8,10-11,14H,4-5,9H2,1-3H3. The normalized spacial score (nSPS) is 13.0. The Kier molecular flexibility index (Phi) is 6.42. The second-order valence-corrected chi connectivity index (χ2v) is 5.20. The molecule has 1 N–H and O–H groups in total. The molecule has 3 nitrogen and oxygen atoms in total. The Labute approximate surface area is 102 Å². The minimum Gasteiger partial charge on any atom is -0.313 e. The molecule has 0 fully saturated rings. The van der Waals surface area contributed by atoms with Gasteiger partial charge in [-0.05, 0) is 18.9 Å². The Morgan fingerprint density at radius 3 is 2.75 bits per heavy atom. The van der Waals surface area contributed by atoms with Gasteiger partial charge in [0.25, 0.3) is 0 Å². The third-order valence-corrected chi connectivity index (χ3v) is 3.44. The molecule has 1 heterocycles. The quantitative estimate of drug-likeness (QED) is 0.742. The maximum atomic E-state index is 4.26. The van der Waals surface area contributed by atoms with Crippen molar-refractivity contribution in [2.45, 2.75) is 38.3 Å². The minimum atomic E-state index is 0.548. The Balaban J connectivity index is 2.38. The molecule has 16 heavy (non-hydrogen) atoms. The van der Waals surface area contributed by atoms with Crippen molar-refractivity contribution < 1.29 is 0 Å². The summed E-state index contributed by atoms with van der Waals surface area (Å²) in [7, 11) is 0. The van der Waals surface area contributed by atoms with Crippen molar-refractivity contribution in [3.8, 4) is 0 Å². The number of aromatic nitrogens is 2. The number of hydrogen-bond acceptors (Lipinski definition) is 4. The van der Waals surface area contributed by atoms with E-state index in [1.165, 1.54) is 6.42 Å². The summed E-state index contributed by atoms with van der Waals surface area (Å²) < 4.78 is 0. The van der Waals surface area contributed by atoms with Gasteiger partial charge in [-0.3, -0.25) is 4.98 Å². The molecule has 0 radical (unpaired) electrons. The van der Waals surface area contributed by atoms with E-state index in [4.69, 9.17) is 0 Å². The highest BCUT2D eigenvalue weighted by molar-refractivity contribution is 7.99. The summed E-state index contributed by atoms with van der Waals surface area (Å²) in [5.74, 6) is 1.70. The number of hydrogen-bond donors (Lipinski definition) is 1. The summed E-state index contributed by atoms with van der Waals surface area (Å²) in [5, 5.41) is 4.58. The van der Waals surface area contributed by atoms with Crippen LogP contribution in [-0.4, -0.2) is 28.3 Å². The first-order valence-electron chi connectivity index (χ1n) is 5.86. The van der Waals surface area contributed by atoms with Gasteiger partial charge in [0.15, 0.2) is 0 Å². The predicted octanol–water partition coefficient (Wildman–Crippen LogP) is 2.59. The highest BCUT2D eigenvalue weighted by Gasteiger charge is 2.12. The van der Waals surface area contributed by atoms with Gasteiger partial charge in [-0.2, -0.15) is 0 Å². The average Bonchev–Trinajstić information content (AvgIpc) is 2.30. The van der Waals surface area contributed by atoms with Gasteiger partial charge in [-0.1, -0.05) is 20.8 Å². The third-order valence-electron chi connectivity index (χ3n) is 2.41. The minimum absolute atomic E-state index is 0.548. The predicted molar refractivity (Wildman–Crippen MR) is 69.7 cm³/mol. The molecule has 0 aromatic carbocycles. The molecule has 1 unspecified atom stereocenters. The molecule has 1 atom stereocenters. The van der Waals surface area contributed by atoms with Crippen LogP contribution in [0.5, 0.6) is 0 Å². The summed E-state index contributed by atoms with van der Waals surface area (Å²) >= 11 is 1.77. The zero-order chi connectivity index (χ0) is 11.8. The van der Waals surface area contributed by atoms with E-state index < -0.39 is 0 Å². The summed E-state index contributed by atoms with van der Waals surface area (Å²) in [6.45, 7) is 7.79. The second-order valence-electron chi connectivity index (χ2n) is 4.16. The molecule has 0 bridgehead atoms. The molecule has 4 heteroatoms. The van der Waals surface area contributed by atoms with Gasteiger partial charge < -0.3 is 5.32 Å². The van der Waals surface area contributed by atoms with Gasteiger partial charge in [-0.25, -0.2) is 4.98 Å². The molecule has 0 spiro atoms. The highest BCUT2D eigenvalue weighted by Crippen LogP contribution is 2.17. The van der Waals surface area contributed by atoms with E-state index >= 15 is 0 Å². The molecule has 1 aromatic rings. The molecular weight excluding hydrogens is 218 g/mol. The van der Waals surface area contributed by atoms with E-state index in [-0.39, 0.29) is 0 Å². The van der Waals surface area contributed by atoms with E-state index in [1.54, 1.807) is 24.2 Å². The van der Waals surface area contributed by atoms with E-state index in [0.717, 1.165) is 17.3 Å². The van der Waals surface area contributed by atoms with E-state index in [9.17, 15) is 0 Å². The van der Waals surface area contributed by atoms with Crippen molar-refractivity contribution in [1.82, 2.24) is 15.3 Å². The molecule has 0 saturated heterocycles. The van der Waals surface area contributed by atoms with Gasteiger partial charge >= 0.3 is 0 Å². The van der Waals surface area contributed by atoms with Gasteiger partial charge in [0, 0.05) is 24.2 Å². The lowest BCUT2D eigenvalue weighted by molar-refractivity contribution is 0.434. The molecule has 0 saturated carbocycles. The van der Waals surface area contributed by atoms with E-state index in [2.05, 4.69) is 36.1 Å². The first-order valence-corrected chi connectivity index (χ1v) is 6.84. The van der Waals surface area contributed by atoms with Crippen molar-refractivity contribution in [3.05, 3.63) is 18.6 Å². The van der Waals surface area contributed by atoms with Crippen LogP contribution in [0.15, 0.2) is 23.6 Å². The van der Waals surface area contributed by atoms with Crippen molar-refractivity contribution in [3.63, 3.8) is 0 Å². The van der Waals surface area contributed by atoms with Crippen LogP contribution >= 0.6 is 11.8 Å². The van der Waals surface area contributed by atoms with E-state index in [1.807, 2.05) is 6.20 Å². The molecule has 0 amide bonds. The van der Waals surface area contributed by atoms with E-state index in [0.29, 0.717) is 12.0 Å². The summed E-state index contributed by atoms with van der Waals surface area (Å²) in [5.41, 5.74) is 0. The molecule has 0 aliphatic heterocycles. The zero-order valence-electron chi connectivity index (χ0n) is 10.3. The molecule has 1 rings (SSSR count). The largest absolute Gasteiger partial charge is 0.313 e. The molecule has 90 valence electrons. The monoisotopic (exact) mass is 239 g/mol. The number of nitrogens with one attached hydrogen (secondary N) is 1. The number of nitrogens with zero attached hydrogens (tertiary/aromatic N) is 2. The molecular formula is C12H21N3S. The van der Waals surface area contributed by atoms with Crippen molar-refractivity contribution in [2.75, 3.05) is 12.3 Å². The van der Waals surface area contributed by atoms with Gasteiger partial charge in [0.05, 0.1) is 6.20 Å². The van der Waals surface area contributed by atoms with Crippen LogP contribution in [0.2, 0.25) is 0 Å². The van der Waals surface area contributed by atoms with Gasteiger partial charge in [0.2, 0.25) is 0 Å². The Morgan fingerprint density at radius 2 is 2.19 bits per heavy atom. The highest BCUT2D eigenvalue weighted by atomic mass is 32.2. The summed E-state index contributed by atoms with van der Waals surface area (Å²) in [6, 6.07) is 0.548. The lowest BCUT2D eigenvalue weighted by atomic mass is 10.1. The number of thioether (sulfide) groups is 1. The maximum absolute atomic E-state index is 4.26. The average molecular weight is 239 g/mol. The van der Waals surface area contributed by atoms with Crippen LogP contribution in [0.1, 0.15) is 27.2 Å². The van der Waals surface area contributed by atoms with Crippen LogP contribution in [0.3, 0.4) is 0 Å². The Hall–Kier alpha value is -0.610. The maximum Gasteiger partial charge on any atom is 0.114 e. The topological polar surface area (TPSA) is 37.8 Å². The fourth-order valence-corrected chi connectivity index (χ4v) is 2.48. The van der Waals surface area contributed by atoms with Crippen LogP contribution in [0.4, 0.5) is 0 Å². The van der Waals surface area contributed by atoms with Crippen LogP contribution < -0.4 is 5.32 Å². The van der Waals surface area contributed by atoms with Crippen molar-refractivity contribution in [2.24, 2.45) is 5.92 Å². The van der Waals surface area contributed by atoms with Gasteiger partial charge in [-0.15, -0.1) is 11.8 Å². The SMILES string of the molecule is CCCNC(CSc1cnccn1)C(C)C. The summed E-state index contributed by atoms with van der Waals surface area (Å²) in [6.07, 6.45) is 6.45. The third kappa shape index (κ3) is 4.94. The fraction of sp³-hybridized carbons (Fsp3) is 0.667. The smallest absolute Gasteiger partial charge is 0.114 e. The molecule has 1 aromatic heterocycles. The van der Waals surface area contributed by atoms with Crippen LogP contribution in [-0.2, 0) is 0 Å². The van der Waals surface area contributed by atoms with Crippen LogP contribution in [0, 0.1) is 5.92 Å². The Bertz CT molecular complexity index is 277. The summed E-state index contributed by atoms with van der Waals surface area (Å²) in [4.78, 5) is 8.33. The number of rotatable bonds is 7. The Morgan fingerprint density at radius 1 is 1.38 bits per heavy atom. The van der Waals surface area contributed by atoms with Gasteiger partial charge in [0.1, 0.15) is 5.03 Å². The van der Waals surface area contributed by atoms with Crippen molar-refractivity contribution in [1.29, 1.82) is 0 Å². The molecule has 0 aliphatic rings. The van der Waals surface area contributed by atoms with Crippen molar-refractivity contribution >= 4 is 11.8 Å². The molecule has 0 aliphatic carbocycles. The lowest BCUT2D eigenvalue weighted by Gasteiger charge is -2.21. The van der Waals surface area contributed by atoms with Crippen LogP contribution in [0.25, 0.3) is 0 Å². The zero-order valence-corrected chi connectivity index (χ0v) is 11.1. The fourth-order valence-electron chi connectivity index (χ4n) is 1.35. The lowest BCUT2D eigenvalue weighted by Crippen LogP contribution is -2.36. The first-order chi connectivity index (χ1) is 7.74.